The second kappa shape index (κ2) is 9.21. The Hall–Kier alpha value is -3.01. The Bertz CT molecular complexity index is 1020. The van der Waals surface area contributed by atoms with E-state index in [0.717, 1.165) is 29.5 Å². The number of rotatable bonds is 7. The molecule has 0 aliphatic carbocycles. The maximum Gasteiger partial charge on any atom is 0.416 e. The third kappa shape index (κ3) is 5.76. The number of nitrogens with zero attached hydrogens (tertiary/aromatic N) is 3. The molecule has 1 heterocycles. The summed E-state index contributed by atoms with van der Waals surface area (Å²) in [5.41, 5.74) is 0.392. The quantitative estimate of drug-likeness (QED) is 0.554. The molecule has 10 heteroatoms. The first-order valence-electron chi connectivity index (χ1n) is 8.90. The SMILES string of the molecule is Cc1ccc(OCc2nnc(SCC(=O)Nc3cccc(C(F)(F)F)c3)n2C)cc1. The van der Waals surface area contributed by atoms with Crippen LogP contribution in [0.5, 0.6) is 5.75 Å². The van der Waals surface area contributed by atoms with E-state index in [1.807, 2.05) is 31.2 Å². The summed E-state index contributed by atoms with van der Waals surface area (Å²) in [4.78, 5) is 12.1. The summed E-state index contributed by atoms with van der Waals surface area (Å²) in [6.07, 6.45) is -4.47. The summed E-state index contributed by atoms with van der Waals surface area (Å²) in [6, 6.07) is 12.1. The lowest BCUT2D eigenvalue weighted by atomic mass is 10.2. The highest BCUT2D eigenvalue weighted by Gasteiger charge is 2.30. The maximum atomic E-state index is 12.8. The van der Waals surface area contributed by atoms with Crippen LogP contribution >= 0.6 is 11.8 Å². The van der Waals surface area contributed by atoms with Crippen LogP contribution in [0.4, 0.5) is 18.9 Å². The van der Waals surface area contributed by atoms with Crippen molar-refractivity contribution in [3.63, 3.8) is 0 Å². The average Bonchev–Trinajstić information content (AvgIpc) is 3.05. The summed E-state index contributed by atoms with van der Waals surface area (Å²) in [5, 5.41) is 11.1. The molecule has 0 fully saturated rings. The van der Waals surface area contributed by atoms with Crippen LogP contribution in [0.25, 0.3) is 0 Å². The third-order valence-electron chi connectivity index (χ3n) is 4.12. The predicted molar refractivity (Wildman–Crippen MR) is 107 cm³/mol. The van der Waals surface area contributed by atoms with Gasteiger partial charge in [0.15, 0.2) is 11.0 Å². The number of benzene rings is 2. The van der Waals surface area contributed by atoms with Crippen molar-refractivity contribution in [3.05, 3.63) is 65.5 Å². The molecule has 3 aromatic rings. The normalized spacial score (nSPS) is 11.4. The van der Waals surface area contributed by atoms with Gasteiger partial charge in [-0.2, -0.15) is 13.2 Å². The molecule has 0 saturated carbocycles. The number of anilines is 1. The van der Waals surface area contributed by atoms with Gasteiger partial charge in [0.2, 0.25) is 5.91 Å². The van der Waals surface area contributed by atoms with E-state index < -0.39 is 17.6 Å². The molecule has 0 unspecified atom stereocenters. The highest BCUT2D eigenvalue weighted by molar-refractivity contribution is 7.99. The Balaban J connectivity index is 1.53. The molecule has 3 rings (SSSR count). The molecule has 1 aromatic heterocycles. The molecule has 0 aliphatic rings. The zero-order valence-corrected chi connectivity index (χ0v) is 17.0. The van der Waals surface area contributed by atoms with E-state index in [0.29, 0.717) is 16.7 Å². The molecule has 0 spiro atoms. The number of aromatic nitrogens is 3. The van der Waals surface area contributed by atoms with Gasteiger partial charge < -0.3 is 14.6 Å². The van der Waals surface area contributed by atoms with Crippen molar-refractivity contribution >= 4 is 23.4 Å². The summed E-state index contributed by atoms with van der Waals surface area (Å²) in [7, 11) is 1.75. The van der Waals surface area contributed by atoms with E-state index in [1.54, 1.807) is 11.6 Å². The number of carbonyl (C=O) groups excluding carboxylic acids is 1. The Kier molecular flexibility index (Phi) is 6.66. The number of aryl methyl sites for hydroxylation is 1. The van der Waals surface area contributed by atoms with Crippen molar-refractivity contribution in [1.82, 2.24) is 14.8 Å². The monoisotopic (exact) mass is 436 g/mol. The number of alkyl halides is 3. The fourth-order valence-corrected chi connectivity index (χ4v) is 3.21. The topological polar surface area (TPSA) is 69.0 Å². The third-order valence-corrected chi connectivity index (χ3v) is 5.14. The number of hydrogen-bond acceptors (Lipinski definition) is 5. The number of nitrogens with one attached hydrogen (secondary N) is 1. The van der Waals surface area contributed by atoms with Crippen LogP contribution in [0.15, 0.2) is 53.7 Å². The van der Waals surface area contributed by atoms with Gasteiger partial charge in [0.1, 0.15) is 12.4 Å². The Morgan fingerprint density at radius 1 is 1.17 bits per heavy atom. The molecule has 30 heavy (non-hydrogen) atoms. The lowest BCUT2D eigenvalue weighted by molar-refractivity contribution is -0.137. The Morgan fingerprint density at radius 3 is 2.60 bits per heavy atom. The van der Waals surface area contributed by atoms with Crippen molar-refractivity contribution in [2.45, 2.75) is 24.9 Å². The molecule has 0 atom stereocenters. The summed E-state index contributed by atoms with van der Waals surface area (Å²) in [6.45, 7) is 2.20. The zero-order chi connectivity index (χ0) is 21.7. The number of carbonyl (C=O) groups is 1. The molecule has 1 amide bonds. The van der Waals surface area contributed by atoms with Crippen LogP contribution in [0.1, 0.15) is 17.0 Å². The van der Waals surface area contributed by atoms with Crippen LogP contribution < -0.4 is 10.1 Å². The Labute approximate surface area is 175 Å². The summed E-state index contributed by atoms with van der Waals surface area (Å²) in [5.74, 6) is 0.815. The smallest absolute Gasteiger partial charge is 0.416 e. The minimum atomic E-state index is -4.47. The largest absolute Gasteiger partial charge is 0.486 e. The molecule has 0 bridgehead atoms. The minimum absolute atomic E-state index is 0.0267. The standard InChI is InChI=1S/C20H19F3N4O2S/c1-13-6-8-16(9-7-13)29-11-17-25-26-19(27(17)2)30-12-18(28)24-15-5-3-4-14(10-15)20(21,22)23/h3-10H,11-12H2,1-2H3,(H,24,28). The lowest BCUT2D eigenvalue weighted by Gasteiger charge is -2.10. The van der Waals surface area contributed by atoms with E-state index in [9.17, 15) is 18.0 Å². The molecular weight excluding hydrogens is 417 g/mol. The van der Waals surface area contributed by atoms with Gasteiger partial charge in [0, 0.05) is 12.7 Å². The number of hydrogen-bond donors (Lipinski definition) is 1. The fourth-order valence-electron chi connectivity index (χ4n) is 2.48. The van der Waals surface area contributed by atoms with E-state index in [1.165, 1.54) is 12.1 Å². The molecule has 6 nitrogen and oxygen atoms in total. The molecule has 0 aliphatic heterocycles. The summed E-state index contributed by atoms with van der Waals surface area (Å²) < 4.78 is 45.7. The Morgan fingerprint density at radius 2 is 1.90 bits per heavy atom. The molecule has 158 valence electrons. The van der Waals surface area contributed by atoms with Gasteiger partial charge in [-0.3, -0.25) is 4.79 Å². The number of thioether (sulfide) groups is 1. The molecule has 0 radical (unpaired) electrons. The van der Waals surface area contributed by atoms with Crippen LogP contribution in [0.2, 0.25) is 0 Å². The molecular formula is C20H19F3N4O2S. The van der Waals surface area contributed by atoms with Gasteiger partial charge in [0.05, 0.1) is 11.3 Å². The van der Waals surface area contributed by atoms with Gasteiger partial charge in [0.25, 0.3) is 0 Å². The number of amides is 1. The van der Waals surface area contributed by atoms with Crippen molar-refractivity contribution in [1.29, 1.82) is 0 Å². The first-order chi connectivity index (χ1) is 14.2. The van der Waals surface area contributed by atoms with Gasteiger partial charge in [-0.1, -0.05) is 35.5 Å². The second-order valence-corrected chi connectivity index (χ2v) is 7.42. The van der Waals surface area contributed by atoms with Crippen molar-refractivity contribution in [3.8, 4) is 5.75 Å². The van der Waals surface area contributed by atoms with E-state index >= 15 is 0 Å². The van der Waals surface area contributed by atoms with Crippen LogP contribution in [0, 0.1) is 6.92 Å². The number of ether oxygens (including phenoxy) is 1. The van der Waals surface area contributed by atoms with Crippen molar-refractivity contribution in [2.24, 2.45) is 7.05 Å². The first kappa shape index (κ1) is 21.7. The average molecular weight is 436 g/mol. The van der Waals surface area contributed by atoms with Crippen molar-refractivity contribution < 1.29 is 22.7 Å². The zero-order valence-electron chi connectivity index (χ0n) is 16.2. The first-order valence-corrected chi connectivity index (χ1v) is 9.88. The molecule has 2 aromatic carbocycles. The maximum absolute atomic E-state index is 12.8. The molecule has 1 N–H and O–H groups in total. The molecule has 0 saturated heterocycles. The van der Waals surface area contributed by atoms with Gasteiger partial charge in [-0.25, -0.2) is 0 Å². The highest BCUT2D eigenvalue weighted by Crippen LogP contribution is 2.30. The van der Waals surface area contributed by atoms with Gasteiger partial charge in [-0.15, -0.1) is 10.2 Å². The predicted octanol–water partition coefficient (Wildman–Crippen LogP) is 4.45. The van der Waals surface area contributed by atoms with Crippen LogP contribution in [-0.4, -0.2) is 26.4 Å². The van der Waals surface area contributed by atoms with Gasteiger partial charge in [-0.05, 0) is 37.3 Å². The minimum Gasteiger partial charge on any atom is -0.486 e. The number of halogens is 3. The lowest BCUT2D eigenvalue weighted by Crippen LogP contribution is -2.15. The van der Waals surface area contributed by atoms with E-state index in [4.69, 9.17) is 4.74 Å². The second-order valence-electron chi connectivity index (χ2n) is 6.47. The highest BCUT2D eigenvalue weighted by atomic mass is 32.2. The van der Waals surface area contributed by atoms with Crippen LogP contribution in [0.3, 0.4) is 0 Å². The fraction of sp³-hybridized carbons (Fsp3) is 0.250. The van der Waals surface area contributed by atoms with Crippen LogP contribution in [-0.2, 0) is 24.6 Å². The summed E-state index contributed by atoms with van der Waals surface area (Å²) >= 11 is 1.13. The van der Waals surface area contributed by atoms with E-state index in [-0.39, 0.29) is 18.0 Å². The van der Waals surface area contributed by atoms with Crippen molar-refractivity contribution in [2.75, 3.05) is 11.1 Å². The van der Waals surface area contributed by atoms with Gasteiger partial charge >= 0.3 is 6.18 Å². The van der Waals surface area contributed by atoms with E-state index in [2.05, 4.69) is 15.5 Å².